The van der Waals surface area contributed by atoms with Crippen molar-refractivity contribution in [2.75, 3.05) is 18.0 Å². The van der Waals surface area contributed by atoms with Crippen LogP contribution < -0.4 is 4.90 Å². The Morgan fingerprint density at radius 1 is 1.38 bits per heavy atom. The molecule has 1 aliphatic rings. The highest BCUT2D eigenvalue weighted by Gasteiger charge is 2.27. The third-order valence-corrected chi connectivity index (χ3v) is 4.81. The average molecular weight is 307 g/mol. The molecule has 2 aromatic rings. The van der Waals surface area contributed by atoms with Crippen LogP contribution in [0.3, 0.4) is 0 Å². The van der Waals surface area contributed by atoms with Gasteiger partial charge in [0.05, 0.1) is 17.6 Å². The van der Waals surface area contributed by atoms with Crippen LogP contribution in [-0.4, -0.2) is 46.3 Å². The van der Waals surface area contributed by atoms with E-state index < -0.39 is 5.97 Å². The van der Waals surface area contributed by atoms with Crippen molar-refractivity contribution < 1.29 is 14.6 Å². The molecule has 3 heterocycles. The summed E-state index contributed by atoms with van der Waals surface area (Å²) < 4.78 is 5.75. The molecule has 112 valence electrons. The normalized spacial score (nSPS) is 22.7. The quantitative estimate of drug-likeness (QED) is 0.917. The number of carboxylic acids is 1. The van der Waals surface area contributed by atoms with Gasteiger partial charge in [-0.3, -0.25) is 0 Å². The summed E-state index contributed by atoms with van der Waals surface area (Å²) in [5, 5.41) is 10.1. The molecule has 6 nitrogen and oxygen atoms in total. The molecule has 2 aromatic heterocycles. The summed E-state index contributed by atoms with van der Waals surface area (Å²) in [6.07, 6.45) is 1.75. The molecule has 0 saturated carbocycles. The summed E-state index contributed by atoms with van der Waals surface area (Å²) in [6, 6.07) is 0. The van der Waals surface area contributed by atoms with E-state index in [2.05, 4.69) is 14.9 Å². The van der Waals surface area contributed by atoms with Crippen molar-refractivity contribution in [2.45, 2.75) is 33.0 Å². The van der Waals surface area contributed by atoms with Gasteiger partial charge in [-0.25, -0.2) is 14.8 Å². The van der Waals surface area contributed by atoms with Crippen LogP contribution in [0.5, 0.6) is 0 Å². The summed E-state index contributed by atoms with van der Waals surface area (Å²) >= 11 is 1.20. The summed E-state index contributed by atoms with van der Waals surface area (Å²) in [4.78, 5) is 23.2. The van der Waals surface area contributed by atoms with E-state index in [1.54, 1.807) is 0 Å². The molecule has 2 atom stereocenters. The second-order valence-corrected chi connectivity index (χ2v) is 6.40. The number of carbonyl (C=O) groups is 1. The fraction of sp³-hybridized carbons (Fsp3) is 0.500. The maximum Gasteiger partial charge on any atom is 0.346 e. The van der Waals surface area contributed by atoms with Gasteiger partial charge >= 0.3 is 5.97 Å². The van der Waals surface area contributed by atoms with Crippen LogP contribution >= 0.6 is 11.3 Å². The van der Waals surface area contributed by atoms with Gasteiger partial charge in [-0.15, -0.1) is 11.3 Å². The molecular weight excluding hydrogens is 290 g/mol. The molecule has 0 amide bonds. The van der Waals surface area contributed by atoms with Crippen LogP contribution in [0.2, 0.25) is 0 Å². The van der Waals surface area contributed by atoms with Crippen LogP contribution in [0.1, 0.15) is 29.1 Å². The van der Waals surface area contributed by atoms with Gasteiger partial charge in [0.1, 0.15) is 21.9 Å². The molecule has 0 bridgehead atoms. The second-order valence-electron chi connectivity index (χ2n) is 5.40. The van der Waals surface area contributed by atoms with Crippen LogP contribution in [0.25, 0.3) is 10.2 Å². The highest BCUT2D eigenvalue weighted by atomic mass is 32.1. The number of aromatic nitrogens is 2. The molecule has 0 aliphatic carbocycles. The van der Waals surface area contributed by atoms with Gasteiger partial charge in [0.15, 0.2) is 0 Å². The lowest BCUT2D eigenvalue weighted by atomic mass is 10.1. The molecule has 7 heteroatoms. The molecular formula is C14H17N3O3S. The van der Waals surface area contributed by atoms with E-state index in [0.29, 0.717) is 4.88 Å². The second kappa shape index (κ2) is 5.23. The Balaban J connectivity index is 2.12. The van der Waals surface area contributed by atoms with E-state index in [1.165, 1.54) is 17.7 Å². The first kappa shape index (κ1) is 14.2. The number of rotatable bonds is 2. The Morgan fingerprint density at radius 3 is 2.67 bits per heavy atom. The van der Waals surface area contributed by atoms with Gasteiger partial charge in [0.2, 0.25) is 0 Å². The van der Waals surface area contributed by atoms with Crippen molar-refractivity contribution in [1.29, 1.82) is 0 Å². The van der Waals surface area contributed by atoms with Gasteiger partial charge in [-0.05, 0) is 26.3 Å². The first-order chi connectivity index (χ1) is 9.97. The number of anilines is 1. The number of morpholine rings is 1. The predicted octanol–water partition coefficient (Wildman–Crippen LogP) is 2.31. The number of ether oxygens (including phenoxy) is 1. The molecule has 21 heavy (non-hydrogen) atoms. The number of carboxylic acid groups (broad SMARTS) is 1. The zero-order chi connectivity index (χ0) is 15.1. The first-order valence-corrected chi connectivity index (χ1v) is 7.66. The Kier molecular flexibility index (Phi) is 3.54. The standard InChI is InChI=1S/C14H17N3O3S/c1-7-4-17(5-8(2)20-7)12-10-9(3)11(14(18)19)21-13(10)16-6-15-12/h6-8H,4-5H2,1-3H3,(H,18,19)/t7-,8+. The van der Waals surface area contributed by atoms with Crippen LogP contribution in [0.4, 0.5) is 5.82 Å². The zero-order valence-electron chi connectivity index (χ0n) is 12.2. The molecule has 1 aliphatic heterocycles. The third kappa shape index (κ3) is 2.47. The van der Waals surface area contributed by atoms with Gasteiger partial charge in [0.25, 0.3) is 0 Å². The maximum atomic E-state index is 11.3. The molecule has 1 fully saturated rings. The minimum absolute atomic E-state index is 0.122. The monoisotopic (exact) mass is 307 g/mol. The Hall–Kier alpha value is -1.73. The van der Waals surface area contributed by atoms with Crippen molar-refractivity contribution in [2.24, 2.45) is 0 Å². The number of fused-ring (bicyclic) bond motifs is 1. The summed E-state index contributed by atoms with van der Waals surface area (Å²) in [7, 11) is 0. The number of hydrogen-bond donors (Lipinski definition) is 1. The number of aromatic carboxylic acids is 1. The molecule has 3 rings (SSSR count). The Bertz CT molecular complexity index is 690. The van der Waals surface area contributed by atoms with Crippen LogP contribution in [0, 0.1) is 6.92 Å². The molecule has 1 N–H and O–H groups in total. The van der Waals surface area contributed by atoms with Crippen LogP contribution in [0.15, 0.2) is 6.33 Å². The first-order valence-electron chi connectivity index (χ1n) is 6.85. The minimum Gasteiger partial charge on any atom is -0.477 e. The molecule has 1 saturated heterocycles. The Labute approximate surface area is 126 Å². The smallest absolute Gasteiger partial charge is 0.346 e. The highest BCUT2D eigenvalue weighted by molar-refractivity contribution is 7.20. The van der Waals surface area contributed by atoms with Crippen molar-refractivity contribution in [1.82, 2.24) is 9.97 Å². The fourth-order valence-electron chi connectivity index (χ4n) is 2.85. The van der Waals surface area contributed by atoms with E-state index >= 15 is 0 Å². The number of aryl methyl sites for hydroxylation is 1. The van der Waals surface area contributed by atoms with Crippen molar-refractivity contribution >= 4 is 33.3 Å². The fourth-order valence-corrected chi connectivity index (χ4v) is 3.83. The summed E-state index contributed by atoms with van der Waals surface area (Å²) in [6.45, 7) is 7.37. The van der Waals surface area contributed by atoms with E-state index in [4.69, 9.17) is 4.74 Å². The van der Waals surface area contributed by atoms with Crippen LogP contribution in [-0.2, 0) is 4.74 Å². The number of thiophene rings is 1. The zero-order valence-corrected chi connectivity index (χ0v) is 13.0. The lowest BCUT2D eigenvalue weighted by Gasteiger charge is -2.36. The lowest BCUT2D eigenvalue weighted by Crippen LogP contribution is -2.46. The molecule has 0 spiro atoms. The molecule has 0 radical (unpaired) electrons. The van der Waals surface area contributed by atoms with E-state index in [0.717, 1.165) is 34.7 Å². The van der Waals surface area contributed by atoms with Gasteiger partial charge in [-0.1, -0.05) is 0 Å². The van der Waals surface area contributed by atoms with Crippen molar-refractivity contribution in [3.8, 4) is 0 Å². The van der Waals surface area contributed by atoms with E-state index in [-0.39, 0.29) is 12.2 Å². The van der Waals surface area contributed by atoms with Gasteiger partial charge in [-0.2, -0.15) is 0 Å². The average Bonchev–Trinajstić information content (AvgIpc) is 2.75. The third-order valence-electron chi connectivity index (χ3n) is 3.62. The largest absolute Gasteiger partial charge is 0.477 e. The van der Waals surface area contributed by atoms with Gasteiger partial charge < -0.3 is 14.7 Å². The molecule has 0 unspecified atom stereocenters. The summed E-state index contributed by atoms with van der Waals surface area (Å²) in [5.74, 6) is -0.103. The number of hydrogen-bond acceptors (Lipinski definition) is 6. The summed E-state index contributed by atoms with van der Waals surface area (Å²) in [5.41, 5.74) is 0.741. The lowest BCUT2D eigenvalue weighted by molar-refractivity contribution is -0.00537. The minimum atomic E-state index is -0.912. The van der Waals surface area contributed by atoms with Crippen molar-refractivity contribution in [3.63, 3.8) is 0 Å². The molecule has 0 aromatic carbocycles. The van der Waals surface area contributed by atoms with E-state index in [9.17, 15) is 9.90 Å². The van der Waals surface area contributed by atoms with Crippen molar-refractivity contribution in [3.05, 3.63) is 16.8 Å². The Morgan fingerprint density at radius 2 is 2.05 bits per heavy atom. The topological polar surface area (TPSA) is 75.5 Å². The predicted molar refractivity (Wildman–Crippen MR) is 81.3 cm³/mol. The van der Waals surface area contributed by atoms with E-state index in [1.807, 2.05) is 20.8 Å². The number of nitrogens with zero attached hydrogens (tertiary/aromatic N) is 3. The van der Waals surface area contributed by atoms with Gasteiger partial charge in [0, 0.05) is 13.1 Å². The highest BCUT2D eigenvalue weighted by Crippen LogP contribution is 2.35. The SMILES string of the molecule is Cc1c(C(=O)O)sc2ncnc(N3C[C@@H](C)O[C@@H](C)C3)c12. The maximum absolute atomic E-state index is 11.3.